The van der Waals surface area contributed by atoms with E-state index in [9.17, 15) is 9.59 Å². The molecule has 5 N–H and O–H groups in total. The Labute approximate surface area is 209 Å². The molecule has 1 saturated heterocycles. The van der Waals surface area contributed by atoms with Gasteiger partial charge in [0, 0.05) is 12.2 Å². The Bertz CT molecular complexity index is 1320. The molecule has 2 amide bonds. The third kappa shape index (κ3) is 4.30. The van der Waals surface area contributed by atoms with E-state index < -0.39 is 11.4 Å². The molecule has 5 rings (SSSR count). The molecule has 2 heterocycles. The van der Waals surface area contributed by atoms with Gasteiger partial charge in [0.1, 0.15) is 17.3 Å². The monoisotopic (exact) mass is 481 g/mol. The lowest BCUT2D eigenvalue weighted by molar-refractivity contribution is -0.124. The number of para-hydroxylation sites is 2. The predicted octanol–water partition coefficient (Wildman–Crippen LogP) is 3.68. The van der Waals surface area contributed by atoms with E-state index in [0.29, 0.717) is 23.5 Å². The largest absolute Gasteiger partial charge is 0.457 e. The number of fused-ring (bicyclic) bond motifs is 1. The SMILES string of the molecule is C=CC(=O)Nc1ccccc1C1CCNC2=CC(C(N)=O)(c3ccc(Oc4ccccc4)cc3)NN21. The molecule has 3 aromatic rings. The molecule has 2 aliphatic heterocycles. The number of nitrogens with zero attached hydrogens (tertiary/aromatic N) is 1. The van der Waals surface area contributed by atoms with Crippen molar-refractivity contribution < 1.29 is 14.3 Å². The first-order chi connectivity index (χ1) is 17.5. The highest BCUT2D eigenvalue weighted by atomic mass is 16.5. The van der Waals surface area contributed by atoms with Crippen molar-refractivity contribution in [3.63, 3.8) is 0 Å². The van der Waals surface area contributed by atoms with Crippen LogP contribution in [0.25, 0.3) is 0 Å². The van der Waals surface area contributed by atoms with Crippen LogP contribution in [-0.4, -0.2) is 23.4 Å². The summed E-state index contributed by atoms with van der Waals surface area (Å²) in [6.45, 7) is 4.23. The summed E-state index contributed by atoms with van der Waals surface area (Å²) in [5, 5.41) is 8.16. The first-order valence-electron chi connectivity index (χ1n) is 11.7. The summed E-state index contributed by atoms with van der Waals surface area (Å²) in [7, 11) is 0. The summed E-state index contributed by atoms with van der Waals surface area (Å²) in [6, 6.07) is 24.2. The van der Waals surface area contributed by atoms with Crippen LogP contribution in [0.2, 0.25) is 0 Å². The van der Waals surface area contributed by atoms with Gasteiger partial charge in [-0.15, -0.1) is 0 Å². The summed E-state index contributed by atoms with van der Waals surface area (Å²) in [6.07, 6.45) is 3.80. The minimum atomic E-state index is -1.25. The highest BCUT2D eigenvalue weighted by molar-refractivity contribution is 5.99. The third-order valence-corrected chi connectivity index (χ3v) is 6.39. The van der Waals surface area contributed by atoms with Gasteiger partial charge < -0.3 is 21.1 Å². The summed E-state index contributed by atoms with van der Waals surface area (Å²) in [5.41, 5.74) is 10.4. The number of primary amides is 1. The third-order valence-electron chi connectivity index (χ3n) is 6.39. The Hall–Kier alpha value is -4.56. The molecule has 0 radical (unpaired) electrons. The van der Waals surface area contributed by atoms with Gasteiger partial charge in [0.2, 0.25) is 11.8 Å². The Balaban J connectivity index is 1.44. The van der Waals surface area contributed by atoms with Crippen molar-refractivity contribution in [3.05, 3.63) is 115 Å². The van der Waals surface area contributed by atoms with E-state index >= 15 is 0 Å². The fraction of sp³-hybridized carbons (Fsp3) is 0.143. The number of ether oxygens (including phenoxy) is 1. The first-order valence-corrected chi connectivity index (χ1v) is 11.7. The van der Waals surface area contributed by atoms with E-state index in [1.807, 2.05) is 89.9 Å². The summed E-state index contributed by atoms with van der Waals surface area (Å²) >= 11 is 0. The lowest BCUT2D eigenvalue weighted by atomic mass is 9.90. The molecule has 36 heavy (non-hydrogen) atoms. The number of benzene rings is 3. The van der Waals surface area contributed by atoms with Gasteiger partial charge >= 0.3 is 0 Å². The molecule has 0 aromatic heterocycles. The van der Waals surface area contributed by atoms with Crippen molar-refractivity contribution in [1.82, 2.24) is 15.8 Å². The molecule has 2 aliphatic rings. The van der Waals surface area contributed by atoms with Gasteiger partial charge in [0.05, 0.1) is 6.04 Å². The quantitative estimate of drug-likeness (QED) is 0.384. The minimum Gasteiger partial charge on any atom is -0.457 e. The maximum Gasteiger partial charge on any atom is 0.248 e. The van der Waals surface area contributed by atoms with Crippen LogP contribution in [-0.2, 0) is 15.1 Å². The smallest absolute Gasteiger partial charge is 0.248 e. The second-order valence-corrected chi connectivity index (χ2v) is 8.64. The van der Waals surface area contributed by atoms with Crippen molar-refractivity contribution in [2.24, 2.45) is 5.73 Å². The van der Waals surface area contributed by atoms with E-state index in [1.54, 1.807) is 0 Å². The number of amides is 2. The van der Waals surface area contributed by atoms with E-state index in [0.717, 1.165) is 23.6 Å². The molecular weight excluding hydrogens is 454 g/mol. The Morgan fingerprint density at radius 2 is 1.72 bits per heavy atom. The number of rotatable bonds is 7. The van der Waals surface area contributed by atoms with Gasteiger partial charge in [-0.1, -0.05) is 55.1 Å². The van der Waals surface area contributed by atoms with E-state index in [-0.39, 0.29) is 11.9 Å². The van der Waals surface area contributed by atoms with Gasteiger partial charge in [-0.2, -0.15) is 0 Å². The first kappa shape index (κ1) is 23.2. The zero-order valence-electron chi connectivity index (χ0n) is 19.6. The van der Waals surface area contributed by atoms with Crippen LogP contribution in [0, 0.1) is 0 Å². The predicted molar refractivity (Wildman–Crippen MR) is 138 cm³/mol. The molecule has 8 heteroatoms. The maximum atomic E-state index is 12.9. The van der Waals surface area contributed by atoms with E-state index in [1.165, 1.54) is 6.08 Å². The maximum absolute atomic E-state index is 12.9. The minimum absolute atomic E-state index is 0.152. The van der Waals surface area contributed by atoms with E-state index in [4.69, 9.17) is 10.5 Å². The van der Waals surface area contributed by atoms with Gasteiger partial charge in [-0.25, -0.2) is 5.43 Å². The standard InChI is InChI=1S/C28H27N5O3/c1-2-26(34)31-23-11-7-6-10-22(23)24-16-17-30-25-18-28(27(29)35,32-33(24)25)19-12-14-21(15-13-19)36-20-8-4-3-5-9-20/h2-15,18,24,30,32H,1,16-17H2,(H2,29,35)(H,31,34). The molecule has 8 nitrogen and oxygen atoms in total. The van der Waals surface area contributed by atoms with Crippen LogP contribution in [0.15, 0.2) is 103 Å². The van der Waals surface area contributed by atoms with Crippen LogP contribution in [0.4, 0.5) is 5.69 Å². The highest BCUT2D eigenvalue weighted by Crippen LogP contribution is 2.40. The normalized spacial score (nSPS) is 20.5. The van der Waals surface area contributed by atoms with Gasteiger partial charge in [0.25, 0.3) is 0 Å². The Morgan fingerprint density at radius 1 is 1.03 bits per heavy atom. The molecule has 2 unspecified atom stereocenters. The molecule has 1 fully saturated rings. The Morgan fingerprint density at radius 3 is 2.44 bits per heavy atom. The van der Waals surface area contributed by atoms with Crippen LogP contribution in [0.3, 0.4) is 0 Å². The molecule has 0 spiro atoms. The molecule has 0 saturated carbocycles. The molecule has 3 aromatic carbocycles. The second kappa shape index (κ2) is 9.59. The number of hydrogen-bond acceptors (Lipinski definition) is 6. The second-order valence-electron chi connectivity index (χ2n) is 8.64. The lowest BCUT2D eigenvalue weighted by Gasteiger charge is -2.39. The fourth-order valence-electron chi connectivity index (χ4n) is 4.61. The van der Waals surface area contributed by atoms with Crippen molar-refractivity contribution in [2.75, 3.05) is 11.9 Å². The zero-order valence-corrected chi connectivity index (χ0v) is 19.6. The molecule has 2 atom stereocenters. The number of nitrogens with one attached hydrogen (secondary N) is 3. The number of carbonyl (C=O) groups excluding carboxylic acids is 2. The molecule has 0 aliphatic carbocycles. The number of hydrazine groups is 1. The van der Waals surface area contributed by atoms with Gasteiger partial charge in [-0.05, 0) is 60.0 Å². The van der Waals surface area contributed by atoms with Crippen molar-refractivity contribution >= 4 is 17.5 Å². The number of carbonyl (C=O) groups is 2. The summed E-state index contributed by atoms with van der Waals surface area (Å²) in [5.74, 6) is 1.30. The van der Waals surface area contributed by atoms with Crippen LogP contribution < -0.4 is 26.5 Å². The van der Waals surface area contributed by atoms with Crippen molar-refractivity contribution in [1.29, 1.82) is 0 Å². The van der Waals surface area contributed by atoms with Gasteiger partial charge in [0.15, 0.2) is 5.54 Å². The molecule has 0 bridgehead atoms. The number of hydrogen-bond donors (Lipinski definition) is 4. The lowest BCUT2D eigenvalue weighted by Crippen LogP contribution is -2.55. The summed E-state index contributed by atoms with van der Waals surface area (Å²) < 4.78 is 5.90. The topological polar surface area (TPSA) is 109 Å². The highest BCUT2D eigenvalue weighted by Gasteiger charge is 2.47. The number of nitrogens with two attached hydrogens (primary N) is 1. The van der Waals surface area contributed by atoms with Crippen LogP contribution in [0.1, 0.15) is 23.6 Å². The number of anilines is 1. The fourth-order valence-corrected chi connectivity index (χ4v) is 4.61. The molecule has 182 valence electrons. The van der Waals surface area contributed by atoms with Crippen LogP contribution in [0.5, 0.6) is 11.5 Å². The zero-order chi connectivity index (χ0) is 25.1. The summed E-state index contributed by atoms with van der Waals surface area (Å²) in [4.78, 5) is 24.9. The molecular formula is C28H27N5O3. The van der Waals surface area contributed by atoms with Gasteiger partial charge in [-0.3, -0.25) is 14.6 Å². The Kier molecular flexibility index (Phi) is 6.18. The van der Waals surface area contributed by atoms with E-state index in [2.05, 4.69) is 22.6 Å². The van der Waals surface area contributed by atoms with Crippen molar-refractivity contribution in [3.8, 4) is 11.5 Å². The van der Waals surface area contributed by atoms with Crippen LogP contribution >= 0.6 is 0 Å². The van der Waals surface area contributed by atoms with Crippen molar-refractivity contribution in [2.45, 2.75) is 18.0 Å². The average Bonchev–Trinajstić information content (AvgIpc) is 3.31. The average molecular weight is 482 g/mol.